The highest BCUT2D eigenvalue weighted by molar-refractivity contribution is 5.87. The van der Waals surface area contributed by atoms with Crippen molar-refractivity contribution in [3.8, 4) is 34.3 Å². The molecule has 2 aliphatic rings. The van der Waals surface area contributed by atoms with Gasteiger partial charge >= 0.3 is 0 Å². The molecule has 0 amide bonds. The van der Waals surface area contributed by atoms with E-state index in [0.29, 0.717) is 13.4 Å². The standard InChI is InChI=1S/C21H20NO4.ClH/c1-3-24-19-8-14-6-17-16-10-21-20(25-12-26-21)7-13(16)4-5-22(17)11-15(14)9-18(19)23-2;/h6-11H,3-5,12H2,1-2H3;1H/q+1;/p-1. The first-order chi connectivity index (χ1) is 12.8. The molecule has 0 fully saturated rings. The molecule has 2 aromatic carbocycles. The fraction of sp³-hybridized carbons (Fsp3) is 0.286. The number of hydrogen-bond donors (Lipinski definition) is 0. The molecule has 0 N–H and O–H groups in total. The predicted molar refractivity (Wildman–Crippen MR) is 97.1 cm³/mol. The average Bonchev–Trinajstić information content (AvgIpc) is 3.12. The van der Waals surface area contributed by atoms with E-state index in [2.05, 4.69) is 35.0 Å². The maximum Gasteiger partial charge on any atom is 0.231 e. The van der Waals surface area contributed by atoms with Gasteiger partial charge in [-0.2, -0.15) is 4.57 Å². The predicted octanol–water partition coefficient (Wildman–Crippen LogP) is 0.490. The number of rotatable bonds is 3. The van der Waals surface area contributed by atoms with Crippen LogP contribution in [0.3, 0.4) is 0 Å². The monoisotopic (exact) mass is 385 g/mol. The Hall–Kier alpha value is -2.66. The summed E-state index contributed by atoms with van der Waals surface area (Å²) in [7, 11) is 1.67. The molecule has 0 bridgehead atoms. The van der Waals surface area contributed by atoms with Gasteiger partial charge in [0.2, 0.25) is 12.5 Å². The van der Waals surface area contributed by atoms with Gasteiger partial charge < -0.3 is 31.4 Å². The number of methoxy groups -OCH3 is 1. The van der Waals surface area contributed by atoms with Gasteiger partial charge in [0.25, 0.3) is 0 Å². The van der Waals surface area contributed by atoms with E-state index in [9.17, 15) is 0 Å². The van der Waals surface area contributed by atoms with Crippen LogP contribution in [-0.4, -0.2) is 20.5 Å². The average molecular weight is 386 g/mol. The summed E-state index contributed by atoms with van der Waals surface area (Å²) >= 11 is 0. The number of aromatic nitrogens is 1. The lowest BCUT2D eigenvalue weighted by atomic mass is 9.95. The molecule has 0 atom stereocenters. The molecular weight excluding hydrogens is 366 g/mol. The maximum atomic E-state index is 5.74. The normalized spacial score (nSPS) is 13.6. The Labute approximate surface area is 163 Å². The number of aryl methyl sites for hydroxylation is 2. The third kappa shape index (κ3) is 2.82. The molecule has 1 aromatic heterocycles. The minimum absolute atomic E-state index is 0. The van der Waals surface area contributed by atoms with Gasteiger partial charge in [0, 0.05) is 17.9 Å². The number of ether oxygens (including phenoxy) is 4. The second-order valence-corrected chi connectivity index (χ2v) is 6.53. The van der Waals surface area contributed by atoms with Crippen molar-refractivity contribution in [2.45, 2.75) is 19.9 Å². The zero-order valence-corrected chi connectivity index (χ0v) is 16.0. The van der Waals surface area contributed by atoms with Crippen LogP contribution in [0.4, 0.5) is 0 Å². The van der Waals surface area contributed by atoms with Crippen LogP contribution in [0, 0.1) is 0 Å². The van der Waals surface area contributed by atoms with Gasteiger partial charge in [-0.25, -0.2) is 0 Å². The Morgan fingerprint density at radius 1 is 1.00 bits per heavy atom. The van der Waals surface area contributed by atoms with E-state index in [0.717, 1.165) is 46.7 Å². The van der Waals surface area contributed by atoms with E-state index in [1.54, 1.807) is 7.11 Å². The van der Waals surface area contributed by atoms with Crippen LogP contribution in [0.5, 0.6) is 23.0 Å². The highest BCUT2D eigenvalue weighted by atomic mass is 35.5. The Balaban J connectivity index is 0.00000180. The smallest absolute Gasteiger partial charge is 0.231 e. The summed E-state index contributed by atoms with van der Waals surface area (Å²) in [6.07, 6.45) is 3.17. The molecule has 6 heteroatoms. The fourth-order valence-electron chi connectivity index (χ4n) is 3.81. The number of hydrogen-bond acceptors (Lipinski definition) is 4. The summed E-state index contributed by atoms with van der Waals surface area (Å²) in [6.45, 7) is 3.82. The molecular formula is C21H20ClNO4. The second-order valence-electron chi connectivity index (χ2n) is 6.53. The number of benzene rings is 2. The van der Waals surface area contributed by atoms with Gasteiger partial charge in [-0.15, -0.1) is 0 Å². The second kappa shape index (κ2) is 6.82. The van der Waals surface area contributed by atoms with Crippen LogP contribution in [0.2, 0.25) is 0 Å². The summed E-state index contributed by atoms with van der Waals surface area (Å²) in [5.74, 6) is 3.21. The van der Waals surface area contributed by atoms with Gasteiger partial charge in [-0.1, -0.05) is 0 Å². The van der Waals surface area contributed by atoms with Gasteiger partial charge in [0.15, 0.2) is 35.7 Å². The van der Waals surface area contributed by atoms with E-state index >= 15 is 0 Å². The molecule has 0 saturated heterocycles. The minimum Gasteiger partial charge on any atom is -1.00 e. The van der Waals surface area contributed by atoms with Gasteiger partial charge in [-0.05, 0) is 42.1 Å². The number of nitrogens with zero attached hydrogens (tertiary/aromatic N) is 1. The zero-order valence-electron chi connectivity index (χ0n) is 15.3. The number of fused-ring (bicyclic) bond motifs is 5. The molecule has 3 heterocycles. The first-order valence-corrected chi connectivity index (χ1v) is 8.87. The van der Waals surface area contributed by atoms with Crippen molar-refractivity contribution in [3.63, 3.8) is 0 Å². The highest BCUT2D eigenvalue weighted by Gasteiger charge is 2.27. The van der Waals surface area contributed by atoms with Crippen LogP contribution in [-0.2, 0) is 13.0 Å². The van der Waals surface area contributed by atoms with Crippen LogP contribution in [0.25, 0.3) is 22.0 Å². The topological polar surface area (TPSA) is 40.8 Å². The van der Waals surface area contributed by atoms with Crippen molar-refractivity contribution in [3.05, 3.63) is 42.1 Å². The molecule has 3 aromatic rings. The lowest BCUT2D eigenvalue weighted by Crippen LogP contribution is -3.00. The van der Waals surface area contributed by atoms with E-state index in [-0.39, 0.29) is 12.4 Å². The fourth-order valence-corrected chi connectivity index (χ4v) is 3.81. The molecule has 0 saturated carbocycles. The largest absolute Gasteiger partial charge is 1.00 e. The lowest BCUT2D eigenvalue weighted by molar-refractivity contribution is -0.686. The van der Waals surface area contributed by atoms with Crippen molar-refractivity contribution in [2.75, 3.05) is 20.5 Å². The first kappa shape index (κ1) is 17.7. The van der Waals surface area contributed by atoms with Crippen molar-refractivity contribution in [1.82, 2.24) is 0 Å². The summed E-state index contributed by atoms with van der Waals surface area (Å²) < 4.78 is 24.6. The first-order valence-electron chi connectivity index (χ1n) is 8.87. The molecule has 27 heavy (non-hydrogen) atoms. The van der Waals surface area contributed by atoms with Gasteiger partial charge in [0.05, 0.1) is 19.3 Å². The zero-order chi connectivity index (χ0) is 17.7. The molecule has 2 aliphatic heterocycles. The quantitative estimate of drug-likeness (QED) is 0.615. The Kier molecular flexibility index (Phi) is 4.48. The molecule has 0 spiro atoms. The summed E-state index contributed by atoms with van der Waals surface area (Å²) in [5, 5.41) is 2.27. The lowest BCUT2D eigenvalue weighted by Gasteiger charge is -2.17. The molecule has 0 radical (unpaired) electrons. The SMILES string of the molecule is CCOc1cc2cc3[n+](cc2cc1OC)CCc1cc2c(cc1-3)OCO2.[Cl-]. The van der Waals surface area contributed by atoms with Crippen LogP contribution < -0.4 is 35.9 Å². The molecule has 0 aliphatic carbocycles. The number of halogens is 1. The molecule has 0 unspecified atom stereocenters. The molecule has 5 rings (SSSR count). The van der Waals surface area contributed by atoms with Gasteiger partial charge in [-0.3, -0.25) is 0 Å². The van der Waals surface area contributed by atoms with Gasteiger partial charge in [0.1, 0.15) is 0 Å². The van der Waals surface area contributed by atoms with Crippen LogP contribution in [0.1, 0.15) is 12.5 Å². The summed E-state index contributed by atoms with van der Waals surface area (Å²) in [5.41, 5.74) is 3.69. The van der Waals surface area contributed by atoms with E-state index < -0.39 is 0 Å². The van der Waals surface area contributed by atoms with Crippen LogP contribution in [0.15, 0.2) is 36.5 Å². The third-order valence-electron chi connectivity index (χ3n) is 5.06. The Morgan fingerprint density at radius 2 is 1.78 bits per heavy atom. The Morgan fingerprint density at radius 3 is 2.56 bits per heavy atom. The van der Waals surface area contributed by atoms with Crippen molar-refractivity contribution in [1.29, 1.82) is 0 Å². The summed E-state index contributed by atoms with van der Waals surface area (Å²) in [6, 6.07) is 10.5. The minimum atomic E-state index is 0. The molecule has 140 valence electrons. The van der Waals surface area contributed by atoms with Crippen molar-refractivity contribution < 1.29 is 35.9 Å². The molecule has 5 nitrogen and oxygen atoms in total. The van der Waals surface area contributed by atoms with E-state index in [4.69, 9.17) is 18.9 Å². The third-order valence-corrected chi connectivity index (χ3v) is 5.06. The van der Waals surface area contributed by atoms with E-state index in [1.165, 1.54) is 16.8 Å². The van der Waals surface area contributed by atoms with E-state index in [1.807, 2.05) is 13.0 Å². The number of pyridine rings is 1. The van der Waals surface area contributed by atoms with Crippen molar-refractivity contribution in [2.24, 2.45) is 0 Å². The van der Waals surface area contributed by atoms with Crippen molar-refractivity contribution >= 4 is 10.8 Å². The highest BCUT2D eigenvalue weighted by Crippen LogP contribution is 2.40. The maximum absolute atomic E-state index is 5.74. The van der Waals surface area contributed by atoms with Crippen LogP contribution >= 0.6 is 0 Å². The Bertz CT molecular complexity index is 1030. The summed E-state index contributed by atoms with van der Waals surface area (Å²) in [4.78, 5) is 0.